The van der Waals surface area contributed by atoms with Gasteiger partial charge in [0.2, 0.25) is 5.79 Å². The Morgan fingerprint density at radius 3 is 2.08 bits per heavy atom. The van der Waals surface area contributed by atoms with Gasteiger partial charge in [-0.25, -0.2) is 8.78 Å². The third-order valence-electron chi connectivity index (χ3n) is 4.94. The molecule has 0 bridgehead atoms. The molecule has 2 atom stereocenters. The second-order valence-electron chi connectivity index (χ2n) is 6.69. The average molecular weight is 345 g/mol. The molecule has 25 heavy (non-hydrogen) atoms. The van der Waals surface area contributed by atoms with Crippen LogP contribution in [0.3, 0.4) is 0 Å². The van der Waals surface area contributed by atoms with Crippen molar-refractivity contribution in [3.63, 3.8) is 0 Å². The molecule has 2 aromatic rings. The fraction of sp³-hybridized carbons (Fsp3) is 0.400. The third kappa shape index (κ3) is 3.19. The summed E-state index contributed by atoms with van der Waals surface area (Å²) in [5.74, 6) is -3.70. The first-order valence-electron chi connectivity index (χ1n) is 8.63. The highest BCUT2D eigenvalue weighted by atomic mass is 19.3. The first kappa shape index (κ1) is 16.6. The fourth-order valence-corrected chi connectivity index (χ4v) is 3.66. The zero-order chi connectivity index (χ0) is 17.3. The highest BCUT2D eigenvalue weighted by Gasteiger charge is 2.49. The smallest absolute Gasteiger partial charge is 0.250 e. The second-order valence-corrected chi connectivity index (χ2v) is 6.69. The maximum atomic E-state index is 13.8. The predicted octanol–water partition coefficient (Wildman–Crippen LogP) is 3.69. The molecule has 0 saturated carbocycles. The molecular weight excluding hydrogens is 324 g/mol. The number of alkyl halides is 2. The molecule has 2 aliphatic heterocycles. The number of benzene rings is 2. The Hall–Kier alpha value is -1.82. The fourth-order valence-electron chi connectivity index (χ4n) is 3.66. The molecule has 1 N–H and O–H groups in total. The van der Waals surface area contributed by atoms with E-state index in [0.29, 0.717) is 6.54 Å². The normalized spacial score (nSPS) is 27.9. The lowest BCUT2D eigenvalue weighted by molar-refractivity contribution is -0.152. The zero-order valence-electron chi connectivity index (χ0n) is 13.8. The number of rotatable bonds is 3. The van der Waals surface area contributed by atoms with Gasteiger partial charge in [0.25, 0.3) is 5.92 Å². The summed E-state index contributed by atoms with van der Waals surface area (Å²) in [6.07, 6.45) is -0.771. The van der Waals surface area contributed by atoms with Gasteiger partial charge < -0.3 is 14.8 Å². The SMILES string of the molecule is FC1(F)CCNC(C2COC(c3ccccc3)(c3ccccc3)O2)C1. The topological polar surface area (TPSA) is 30.5 Å². The van der Waals surface area contributed by atoms with Crippen molar-refractivity contribution in [3.8, 4) is 0 Å². The van der Waals surface area contributed by atoms with Gasteiger partial charge in [-0.2, -0.15) is 0 Å². The van der Waals surface area contributed by atoms with Crippen LogP contribution in [0.15, 0.2) is 60.7 Å². The van der Waals surface area contributed by atoms with Crippen LogP contribution in [0.1, 0.15) is 24.0 Å². The number of piperidine rings is 1. The van der Waals surface area contributed by atoms with Gasteiger partial charge in [0.05, 0.1) is 6.61 Å². The first-order chi connectivity index (χ1) is 12.1. The van der Waals surface area contributed by atoms with Crippen molar-refractivity contribution in [2.24, 2.45) is 0 Å². The summed E-state index contributed by atoms with van der Waals surface area (Å²) in [6, 6.07) is 18.9. The van der Waals surface area contributed by atoms with Gasteiger partial charge in [-0.15, -0.1) is 0 Å². The summed E-state index contributed by atoms with van der Waals surface area (Å²) >= 11 is 0. The van der Waals surface area contributed by atoms with E-state index in [9.17, 15) is 8.78 Å². The lowest BCUT2D eigenvalue weighted by atomic mass is 9.96. The van der Waals surface area contributed by atoms with Crippen molar-refractivity contribution < 1.29 is 18.3 Å². The van der Waals surface area contributed by atoms with Gasteiger partial charge in [-0.3, -0.25) is 0 Å². The van der Waals surface area contributed by atoms with E-state index in [4.69, 9.17) is 9.47 Å². The molecule has 2 aliphatic rings. The summed E-state index contributed by atoms with van der Waals surface area (Å²) in [7, 11) is 0. The molecule has 2 heterocycles. The van der Waals surface area contributed by atoms with E-state index >= 15 is 0 Å². The van der Waals surface area contributed by atoms with Crippen molar-refractivity contribution in [2.75, 3.05) is 13.2 Å². The molecule has 0 spiro atoms. The molecule has 2 aromatic carbocycles. The van der Waals surface area contributed by atoms with E-state index in [2.05, 4.69) is 5.32 Å². The molecule has 2 unspecified atom stereocenters. The minimum absolute atomic E-state index is 0.125. The highest BCUT2D eigenvalue weighted by molar-refractivity contribution is 5.34. The van der Waals surface area contributed by atoms with Crippen molar-refractivity contribution in [1.29, 1.82) is 0 Å². The van der Waals surface area contributed by atoms with E-state index < -0.39 is 23.9 Å². The molecule has 0 aromatic heterocycles. The number of hydrogen-bond donors (Lipinski definition) is 1. The van der Waals surface area contributed by atoms with Gasteiger partial charge in [-0.1, -0.05) is 60.7 Å². The lowest BCUT2D eigenvalue weighted by Crippen LogP contribution is -2.51. The standard InChI is InChI=1S/C20H21F2NO2/c21-19(22)11-12-23-17(13-19)18-14-24-20(25-18,15-7-3-1-4-8-15)16-9-5-2-6-10-16/h1-10,17-18,23H,11-14H2. The Kier molecular flexibility index (Phi) is 4.31. The van der Waals surface area contributed by atoms with Crippen LogP contribution in [-0.4, -0.2) is 31.2 Å². The van der Waals surface area contributed by atoms with Crippen molar-refractivity contribution in [3.05, 3.63) is 71.8 Å². The van der Waals surface area contributed by atoms with Crippen LogP contribution < -0.4 is 5.32 Å². The van der Waals surface area contributed by atoms with Gasteiger partial charge in [0.15, 0.2) is 0 Å². The number of nitrogens with one attached hydrogen (secondary N) is 1. The maximum Gasteiger partial charge on any atom is 0.250 e. The molecule has 132 valence electrons. The van der Waals surface area contributed by atoms with Crippen LogP contribution in [0.4, 0.5) is 8.78 Å². The van der Waals surface area contributed by atoms with Crippen LogP contribution in [0.2, 0.25) is 0 Å². The first-order valence-corrected chi connectivity index (χ1v) is 8.63. The van der Waals surface area contributed by atoms with Crippen LogP contribution in [0, 0.1) is 0 Å². The molecule has 0 amide bonds. The average Bonchev–Trinajstić information content (AvgIpc) is 3.09. The number of halogens is 2. The van der Waals surface area contributed by atoms with E-state index in [0.717, 1.165) is 11.1 Å². The molecule has 0 radical (unpaired) electrons. The van der Waals surface area contributed by atoms with Crippen LogP contribution >= 0.6 is 0 Å². The van der Waals surface area contributed by atoms with Crippen LogP contribution in [-0.2, 0) is 15.3 Å². The molecule has 4 rings (SSSR count). The minimum Gasteiger partial charge on any atom is -0.339 e. The maximum absolute atomic E-state index is 13.8. The molecule has 2 fully saturated rings. The van der Waals surface area contributed by atoms with E-state index in [1.165, 1.54) is 0 Å². The highest BCUT2D eigenvalue weighted by Crippen LogP contribution is 2.42. The molecule has 0 aliphatic carbocycles. The molecular formula is C20H21F2NO2. The van der Waals surface area contributed by atoms with E-state index in [1.54, 1.807) is 0 Å². The summed E-state index contributed by atoms with van der Waals surface area (Å²) < 4.78 is 40.1. The van der Waals surface area contributed by atoms with E-state index in [-0.39, 0.29) is 19.4 Å². The number of hydrogen-bond acceptors (Lipinski definition) is 3. The Balaban J connectivity index is 1.65. The monoisotopic (exact) mass is 345 g/mol. The summed E-state index contributed by atoms with van der Waals surface area (Å²) in [6.45, 7) is 0.568. The van der Waals surface area contributed by atoms with Crippen LogP contribution in [0.25, 0.3) is 0 Å². The van der Waals surface area contributed by atoms with E-state index in [1.807, 2.05) is 60.7 Å². The minimum atomic E-state index is -2.65. The number of ether oxygens (including phenoxy) is 2. The van der Waals surface area contributed by atoms with Gasteiger partial charge >= 0.3 is 0 Å². The third-order valence-corrected chi connectivity index (χ3v) is 4.94. The van der Waals surface area contributed by atoms with Gasteiger partial charge in [-0.05, 0) is 0 Å². The molecule has 3 nitrogen and oxygen atoms in total. The zero-order valence-corrected chi connectivity index (χ0v) is 13.8. The van der Waals surface area contributed by atoms with Crippen molar-refractivity contribution in [2.45, 2.75) is 36.7 Å². The van der Waals surface area contributed by atoms with Crippen LogP contribution in [0.5, 0.6) is 0 Å². The Labute approximate surface area is 146 Å². The molecule has 5 heteroatoms. The Morgan fingerprint density at radius 1 is 0.920 bits per heavy atom. The Bertz CT molecular complexity index is 669. The van der Waals surface area contributed by atoms with Crippen molar-refractivity contribution >= 4 is 0 Å². The lowest BCUT2D eigenvalue weighted by Gasteiger charge is -2.34. The summed E-state index contributed by atoms with van der Waals surface area (Å²) in [5, 5.41) is 3.17. The van der Waals surface area contributed by atoms with Gasteiger partial charge in [0, 0.05) is 36.6 Å². The van der Waals surface area contributed by atoms with Gasteiger partial charge in [0.1, 0.15) is 6.10 Å². The quantitative estimate of drug-likeness (QED) is 0.920. The molecule has 2 saturated heterocycles. The summed E-state index contributed by atoms with van der Waals surface area (Å²) in [4.78, 5) is 0. The Morgan fingerprint density at radius 2 is 1.52 bits per heavy atom. The second kappa shape index (κ2) is 6.48. The largest absolute Gasteiger partial charge is 0.339 e. The van der Waals surface area contributed by atoms with Crippen molar-refractivity contribution in [1.82, 2.24) is 5.32 Å². The predicted molar refractivity (Wildman–Crippen MR) is 90.5 cm³/mol. The summed E-state index contributed by atoms with van der Waals surface area (Å²) in [5.41, 5.74) is 1.73.